The smallest absolute Gasteiger partial charge is 0.314 e. The fourth-order valence-corrected chi connectivity index (χ4v) is 1.91. The molecule has 2 rings (SSSR count). The molecule has 0 amide bonds. The summed E-state index contributed by atoms with van der Waals surface area (Å²) in [4.78, 5) is 14.2. The summed E-state index contributed by atoms with van der Waals surface area (Å²) in [6, 6.07) is 15.8. The molecule has 0 bridgehead atoms. The van der Waals surface area contributed by atoms with Gasteiger partial charge in [0.05, 0.1) is 7.11 Å². The molecule has 0 fully saturated rings. The monoisotopic (exact) mass is 297 g/mol. The average molecular weight is 297 g/mol. The summed E-state index contributed by atoms with van der Waals surface area (Å²) in [5.74, 6) is 0.882. The predicted octanol–water partition coefficient (Wildman–Crippen LogP) is 3.87. The van der Waals surface area contributed by atoms with E-state index in [0.29, 0.717) is 5.75 Å². The number of hydrogen-bond donors (Lipinski definition) is 0. The van der Waals surface area contributed by atoms with Crippen molar-refractivity contribution in [3.63, 3.8) is 0 Å². The van der Waals surface area contributed by atoms with E-state index in [2.05, 4.69) is 14.8 Å². The van der Waals surface area contributed by atoms with Crippen LogP contribution in [0.1, 0.15) is 5.56 Å². The summed E-state index contributed by atoms with van der Waals surface area (Å²) >= 11 is 0. The van der Waals surface area contributed by atoms with Crippen molar-refractivity contribution >= 4 is 5.97 Å². The maximum absolute atomic E-state index is 11.5. The Balaban J connectivity index is 2.05. The summed E-state index contributed by atoms with van der Waals surface area (Å²) in [7, 11) is 1.26. The first-order valence-corrected chi connectivity index (χ1v) is 6.67. The first-order chi connectivity index (χ1) is 10.7. The Morgan fingerprint density at radius 2 is 1.77 bits per heavy atom. The quantitative estimate of drug-likeness (QED) is 0.351. The molecule has 1 unspecified atom stereocenters. The number of carbonyl (C=O) groups excluding carboxylic acids is 1. The lowest BCUT2D eigenvalue weighted by atomic mass is 10.1. The van der Waals surface area contributed by atoms with Crippen molar-refractivity contribution in [2.75, 3.05) is 7.11 Å². The largest absolute Gasteiger partial charge is 0.469 e. The third-order valence-electron chi connectivity index (χ3n) is 3.00. The zero-order chi connectivity index (χ0) is 15.8. The number of esters is 1. The van der Waals surface area contributed by atoms with Crippen molar-refractivity contribution in [3.8, 4) is 11.5 Å². The van der Waals surface area contributed by atoms with Gasteiger partial charge in [0.2, 0.25) is 0 Å². The van der Waals surface area contributed by atoms with E-state index in [1.54, 1.807) is 12.1 Å². The third-order valence-corrected chi connectivity index (χ3v) is 3.00. The van der Waals surface area contributed by atoms with Crippen LogP contribution in [-0.2, 0) is 16.0 Å². The van der Waals surface area contributed by atoms with Crippen LogP contribution in [-0.4, -0.2) is 19.1 Å². The standard InChI is InChI=1S/C16H15N3O3/c1-21-16(20)15(18-19-17)11-12-7-9-14(10-8-12)22-13-5-3-2-4-6-13/h2-10,15H,11H2,1H3. The van der Waals surface area contributed by atoms with E-state index in [-0.39, 0.29) is 6.42 Å². The molecule has 6 nitrogen and oxygen atoms in total. The molecule has 2 aromatic carbocycles. The van der Waals surface area contributed by atoms with Gasteiger partial charge < -0.3 is 9.47 Å². The Kier molecular flexibility index (Phi) is 5.40. The summed E-state index contributed by atoms with van der Waals surface area (Å²) in [6.07, 6.45) is 0.280. The molecule has 0 radical (unpaired) electrons. The van der Waals surface area contributed by atoms with Gasteiger partial charge in [-0.25, -0.2) is 0 Å². The minimum atomic E-state index is -0.865. The van der Waals surface area contributed by atoms with E-state index in [4.69, 9.17) is 10.3 Å². The molecular formula is C16H15N3O3. The summed E-state index contributed by atoms with van der Waals surface area (Å²) in [6.45, 7) is 0. The number of benzene rings is 2. The molecule has 0 aromatic heterocycles. The van der Waals surface area contributed by atoms with Crippen LogP contribution in [0.25, 0.3) is 10.4 Å². The summed E-state index contributed by atoms with van der Waals surface area (Å²) in [5.41, 5.74) is 9.35. The maximum Gasteiger partial charge on any atom is 0.314 e. The summed E-state index contributed by atoms with van der Waals surface area (Å²) < 4.78 is 10.3. The molecule has 0 aliphatic heterocycles. The van der Waals surface area contributed by atoms with E-state index < -0.39 is 12.0 Å². The molecule has 2 aromatic rings. The number of para-hydroxylation sites is 1. The maximum atomic E-state index is 11.5. The van der Waals surface area contributed by atoms with Crippen molar-refractivity contribution in [3.05, 3.63) is 70.6 Å². The number of azide groups is 1. The highest BCUT2D eigenvalue weighted by molar-refractivity contribution is 5.76. The van der Waals surface area contributed by atoms with Gasteiger partial charge in [-0.05, 0) is 41.8 Å². The fraction of sp³-hybridized carbons (Fsp3) is 0.188. The van der Waals surface area contributed by atoms with E-state index >= 15 is 0 Å². The topological polar surface area (TPSA) is 84.3 Å². The van der Waals surface area contributed by atoms with Crippen LogP contribution in [0.5, 0.6) is 11.5 Å². The molecule has 0 aliphatic rings. The van der Waals surface area contributed by atoms with Gasteiger partial charge in [0.1, 0.15) is 17.5 Å². The molecule has 0 saturated carbocycles. The third kappa shape index (κ3) is 4.26. The van der Waals surface area contributed by atoms with Crippen LogP contribution < -0.4 is 4.74 Å². The molecule has 22 heavy (non-hydrogen) atoms. The normalized spacial score (nSPS) is 11.1. The van der Waals surface area contributed by atoms with Crippen LogP contribution in [0, 0.1) is 0 Å². The number of ether oxygens (including phenoxy) is 2. The molecule has 0 heterocycles. The second-order valence-electron chi connectivity index (χ2n) is 4.51. The second kappa shape index (κ2) is 7.71. The first-order valence-electron chi connectivity index (χ1n) is 6.67. The van der Waals surface area contributed by atoms with Gasteiger partial charge >= 0.3 is 5.97 Å². The Labute approximate surface area is 127 Å². The van der Waals surface area contributed by atoms with Crippen molar-refractivity contribution in [1.29, 1.82) is 0 Å². The van der Waals surface area contributed by atoms with Gasteiger partial charge in [-0.3, -0.25) is 4.79 Å². The molecule has 0 aliphatic carbocycles. The van der Waals surface area contributed by atoms with E-state index in [1.165, 1.54) is 7.11 Å². The predicted molar refractivity (Wildman–Crippen MR) is 81.6 cm³/mol. The summed E-state index contributed by atoms with van der Waals surface area (Å²) in [5, 5.41) is 3.46. The van der Waals surface area contributed by atoms with Gasteiger partial charge in [0.25, 0.3) is 0 Å². The average Bonchev–Trinajstić information content (AvgIpc) is 2.56. The van der Waals surface area contributed by atoms with Crippen LogP contribution in [0.2, 0.25) is 0 Å². The van der Waals surface area contributed by atoms with Crippen LogP contribution in [0.3, 0.4) is 0 Å². The Bertz CT molecular complexity index is 665. The molecule has 6 heteroatoms. The molecule has 0 spiro atoms. The van der Waals surface area contributed by atoms with E-state index in [0.717, 1.165) is 11.3 Å². The fourth-order valence-electron chi connectivity index (χ4n) is 1.91. The van der Waals surface area contributed by atoms with Crippen molar-refractivity contribution in [2.24, 2.45) is 5.11 Å². The minimum absolute atomic E-state index is 0.280. The second-order valence-corrected chi connectivity index (χ2v) is 4.51. The highest BCUT2D eigenvalue weighted by Crippen LogP contribution is 2.21. The van der Waals surface area contributed by atoms with Crippen molar-refractivity contribution in [2.45, 2.75) is 12.5 Å². The first kappa shape index (κ1) is 15.4. The van der Waals surface area contributed by atoms with E-state index in [9.17, 15) is 4.79 Å². The highest BCUT2D eigenvalue weighted by Gasteiger charge is 2.17. The minimum Gasteiger partial charge on any atom is -0.469 e. The van der Waals surface area contributed by atoms with Crippen LogP contribution in [0.4, 0.5) is 0 Å². The van der Waals surface area contributed by atoms with Crippen molar-refractivity contribution < 1.29 is 14.3 Å². The number of hydrogen-bond acceptors (Lipinski definition) is 4. The van der Waals surface area contributed by atoms with E-state index in [1.807, 2.05) is 42.5 Å². The molecule has 0 N–H and O–H groups in total. The molecule has 0 saturated heterocycles. The SMILES string of the molecule is COC(=O)C(Cc1ccc(Oc2ccccc2)cc1)N=[N+]=[N-]. The number of methoxy groups -OCH3 is 1. The molecular weight excluding hydrogens is 282 g/mol. The van der Waals surface area contributed by atoms with Gasteiger partial charge in [0, 0.05) is 4.91 Å². The number of rotatable bonds is 6. The molecule has 1 atom stereocenters. The Morgan fingerprint density at radius 1 is 1.14 bits per heavy atom. The zero-order valence-corrected chi connectivity index (χ0v) is 12.0. The molecule has 112 valence electrons. The Hall–Kier alpha value is -2.98. The number of nitrogens with zero attached hydrogens (tertiary/aromatic N) is 3. The van der Waals surface area contributed by atoms with Crippen LogP contribution >= 0.6 is 0 Å². The highest BCUT2D eigenvalue weighted by atomic mass is 16.5. The zero-order valence-electron chi connectivity index (χ0n) is 12.0. The lowest BCUT2D eigenvalue weighted by molar-refractivity contribution is -0.142. The Morgan fingerprint density at radius 3 is 2.36 bits per heavy atom. The van der Waals surface area contributed by atoms with Gasteiger partial charge in [-0.1, -0.05) is 35.4 Å². The number of carbonyl (C=O) groups is 1. The van der Waals surface area contributed by atoms with Crippen LogP contribution in [0.15, 0.2) is 59.7 Å². The van der Waals surface area contributed by atoms with Crippen molar-refractivity contribution in [1.82, 2.24) is 0 Å². The lowest BCUT2D eigenvalue weighted by Gasteiger charge is -2.10. The lowest BCUT2D eigenvalue weighted by Crippen LogP contribution is -2.22. The van der Waals surface area contributed by atoms with Gasteiger partial charge in [-0.2, -0.15) is 0 Å². The van der Waals surface area contributed by atoms with Gasteiger partial charge in [0.15, 0.2) is 0 Å². The van der Waals surface area contributed by atoms with Gasteiger partial charge in [-0.15, -0.1) is 0 Å².